The second-order valence-corrected chi connectivity index (χ2v) is 16.8. The van der Waals surface area contributed by atoms with Gasteiger partial charge in [0.25, 0.3) is 5.91 Å². The Bertz CT molecular complexity index is 1340. The molecule has 3 saturated carbocycles. The third-order valence-corrected chi connectivity index (χ3v) is 11.3. The van der Waals surface area contributed by atoms with Crippen LogP contribution >= 0.6 is 0 Å². The minimum Gasteiger partial charge on any atom is -0.453 e. The molecule has 3 aliphatic carbocycles. The van der Waals surface area contributed by atoms with Crippen LogP contribution in [0.1, 0.15) is 119 Å². The van der Waals surface area contributed by atoms with E-state index in [1.54, 1.807) is 18.7 Å². The molecule has 14 nitrogen and oxygen atoms in total. The van der Waals surface area contributed by atoms with Gasteiger partial charge >= 0.3 is 6.09 Å². The summed E-state index contributed by atoms with van der Waals surface area (Å²) in [5, 5.41) is 14.1. The molecule has 14 heteroatoms. The van der Waals surface area contributed by atoms with E-state index >= 15 is 0 Å². The summed E-state index contributed by atoms with van der Waals surface area (Å²) in [6.07, 6.45) is 8.56. The Balaban J connectivity index is 1.57. The molecular formula is C38H62N6O8. The van der Waals surface area contributed by atoms with E-state index in [1.165, 1.54) is 7.11 Å². The minimum atomic E-state index is -1.04. The summed E-state index contributed by atoms with van der Waals surface area (Å²) < 4.78 is 4.72. The van der Waals surface area contributed by atoms with Gasteiger partial charge in [-0.2, -0.15) is 0 Å². The van der Waals surface area contributed by atoms with Gasteiger partial charge in [-0.3, -0.25) is 28.8 Å². The van der Waals surface area contributed by atoms with Crippen LogP contribution in [-0.4, -0.2) is 96.2 Å². The Morgan fingerprint density at radius 3 is 2.06 bits per heavy atom. The lowest BCUT2D eigenvalue weighted by Crippen LogP contribution is -2.63. The van der Waals surface area contributed by atoms with E-state index in [1.807, 2.05) is 27.7 Å². The summed E-state index contributed by atoms with van der Waals surface area (Å²) in [7, 11) is 1.21. The molecule has 1 aliphatic heterocycles. The Morgan fingerprint density at radius 2 is 1.48 bits per heavy atom. The lowest BCUT2D eigenvalue weighted by molar-refractivity contribution is -0.146. The van der Waals surface area contributed by atoms with E-state index < -0.39 is 77.0 Å². The highest BCUT2D eigenvalue weighted by Gasteiger charge is 2.52. The number of ether oxygens (including phenoxy) is 1. The molecule has 7 atom stereocenters. The third-order valence-electron chi connectivity index (χ3n) is 11.3. The lowest BCUT2D eigenvalue weighted by atomic mass is 9.81. The summed E-state index contributed by atoms with van der Waals surface area (Å²) in [5.74, 6) is -3.74. The van der Waals surface area contributed by atoms with Gasteiger partial charge in [-0.05, 0) is 74.0 Å². The third kappa shape index (κ3) is 10.2. The van der Waals surface area contributed by atoms with Crippen LogP contribution in [0.15, 0.2) is 0 Å². The molecule has 0 aromatic carbocycles. The average molecular weight is 731 g/mol. The SMILES string of the molecule is CCC[C@H](NC(=O)[C@@H]1[C@H]2CCC[C@H]2CN1C(=O)[C@@H](NC(=O)[C@@H](NC(=O)[C@H](NC(=O)OC)C(C)C)C1CCCCC1)C(C)(C)C)C(=O)C(=O)NC1CC1. The first kappa shape index (κ1) is 41.1. The zero-order valence-corrected chi connectivity index (χ0v) is 32.2. The molecule has 52 heavy (non-hydrogen) atoms. The van der Waals surface area contributed by atoms with Gasteiger partial charge in [0.1, 0.15) is 24.2 Å². The number of likely N-dealkylation sites (tertiary alicyclic amines) is 1. The highest BCUT2D eigenvalue weighted by molar-refractivity contribution is 6.38. The number of fused-ring (bicyclic) bond motifs is 1. The van der Waals surface area contributed by atoms with Crippen molar-refractivity contribution in [3.05, 3.63) is 0 Å². The summed E-state index contributed by atoms with van der Waals surface area (Å²) in [6.45, 7) is 11.3. The van der Waals surface area contributed by atoms with Gasteiger partial charge in [-0.25, -0.2) is 4.79 Å². The van der Waals surface area contributed by atoms with Crippen LogP contribution in [0.3, 0.4) is 0 Å². The molecule has 5 N–H and O–H groups in total. The van der Waals surface area contributed by atoms with Crippen LogP contribution in [0.4, 0.5) is 4.79 Å². The van der Waals surface area contributed by atoms with Crippen LogP contribution in [-0.2, 0) is 33.5 Å². The second kappa shape index (κ2) is 17.9. The average Bonchev–Trinajstić information content (AvgIpc) is 3.67. The van der Waals surface area contributed by atoms with Gasteiger partial charge in [0.15, 0.2) is 0 Å². The highest BCUT2D eigenvalue weighted by atomic mass is 16.5. The molecule has 4 fully saturated rings. The zero-order chi connectivity index (χ0) is 38.3. The van der Waals surface area contributed by atoms with Crippen molar-refractivity contribution in [2.75, 3.05) is 13.7 Å². The molecule has 4 rings (SSSR count). The molecule has 0 bridgehead atoms. The number of alkyl carbamates (subject to hydrolysis) is 1. The highest BCUT2D eigenvalue weighted by Crippen LogP contribution is 2.43. The number of hydrogen-bond donors (Lipinski definition) is 5. The number of carbonyl (C=O) groups excluding carboxylic acids is 7. The number of nitrogens with one attached hydrogen (secondary N) is 5. The number of amides is 6. The fourth-order valence-electron chi connectivity index (χ4n) is 8.20. The quantitative estimate of drug-likeness (QED) is 0.159. The maximum absolute atomic E-state index is 14.7. The first-order valence-corrected chi connectivity index (χ1v) is 19.5. The molecule has 0 radical (unpaired) electrons. The number of ketones is 1. The van der Waals surface area contributed by atoms with Crippen LogP contribution in [0.5, 0.6) is 0 Å². The molecule has 1 heterocycles. The van der Waals surface area contributed by atoms with E-state index in [0.717, 1.165) is 64.2 Å². The summed E-state index contributed by atoms with van der Waals surface area (Å²) in [4.78, 5) is 96.2. The standard InChI is InChI=1S/C38H62N6O8/c1-8-13-26(30(45)35(49)39-24-18-19-24)40-34(48)29-25-17-12-16-23(25)20-44(29)36(50)31(38(4,5)6)43-33(47)28(22-14-10-9-11-15-22)41-32(46)27(21(2)3)42-37(51)52-7/h21-29,31H,8-20H2,1-7H3,(H,39,49)(H,40,48)(H,41,46)(H,42,51)(H,43,47)/t23-,25-,26-,27+,28-,29-,31+/m0/s1. The zero-order valence-electron chi connectivity index (χ0n) is 32.2. The van der Waals surface area contributed by atoms with Crippen LogP contribution < -0.4 is 26.6 Å². The molecule has 0 aromatic rings. The van der Waals surface area contributed by atoms with Crippen molar-refractivity contribution in [1.29, 1.82) is 0 Å². The van der Waals surface area contributed by atoms with Gasteiger partial charge in [0, 0.05) is 12.6 Å². The number of nitrogens with zero attached hydrogens (tertiary/aromatic N) is 1. The van der Waals surface area contributed by atoms with Crippen molar-refractivity contribution in [3.63, 3.8) is 0 Å². The molecule has 6 amide bonds. The topological polar surface area (TPSA) is 192 Å². The second-order valence-electron chi connectivity index (χ2n) is 16.8. The predicted molar refractivity (Wildman–Crippen MR) is 193 cm³/mol. The van der Waals surface area contributed by atoms with Crippen molar-refractivity contribution >= 4 is 41.4 Å². The van der Waals surface area contributed by atoms with Gasteiger partial charge in [-0.15, -0.1) is 0 Å². The number of hydrogen-bond acceptors (Lipinski definition) is 8. The summed E-state index contributed by atoms with van der Waals surface area (Å²) in [5.41, 5.74) is -0.777. The van der Waals surface area contributed by atoms with E-state index in [0.29, 0.717) is 19.4 Å². The van der Waals surface area contributed by atoms with E-state index in [-0.39, 0.29) is 29.7 Å². The van der Waals surface area contributed by atoms with Crippen molar-refractivity contribution < 1.29 is 38.3 Å². The molecular weight excluding hydrogens is 668 g/mol. The number of Topliss-reactive ketones (excluding diaryl/α,β-unsaturated/α-hetero) is 1. The van der Waals surface area contributed by atoms with Crippen LogP contribution in [0.2, 0.25) is 0 Å². The minimum absolute atomic E-state index is 0.000327. The fourth-order valence-corrected chi connectivity index (χ4v) is 8.20. The van der Waals surface area contributed by atoms with Crippen molar-refractivity contribution in [1.82, 2.24) is 31.5 Å². The summed E-state index contributed by atoms with van der Waals surface area (Å²) >= 11 is 0. The number of carbonyl (C=O) groups is 7. The van der Waals surface area contributed by atoms with Gasteiger partial charge < -0.3 is 36.2 Å². The van der Waals surface area contributed by atoms with Gasteiger partial charge in [-0.1, -0.05) is 73.6 Å². The van der Waals surface area contributed by atoms with E-state index in [2.05, 4.69) is 26.6 Å². The molecule has 0 aromatic heterocycles. The van der Waals surface area contributed by atoms with E-state index in [9.17, 15) is 33.6 Å². The van der Waals surface area contributed by atoms with Crippen LogP contribution in [0.25, 0.3) is 0 Å². The first-order valence-electron chi connectivity index (χ1n) is 19.5. The number of rotatable bonds is 15. The Kier molecular flexibility index (Phi) is 14.1. The summed E-state index contributed by atoms with van der Waals surface area (Å²) in [6, 6.07) is -4.80. The smallest absolute Gasteiger partial charge is 0.407 e. The Hall–Kier alpha value is -3.71. The largest absolute Gasteiger partial charge is 0.453 e. The molecule has 0 spiro atoms. The maximum Gasteiger partial charge on any atom is 0.407 e. The Labute approximate surface area is 308 Å². The van der Waals surface area contributed by atoms with Gasteiger partial charge in [0.05, 0.1) is 13.2 Å². The molecule has 4 aliphatic rings. The maximum atomic E-state index is 14.7. The lowest BCUT2D eigenvalue weighted by Gasteiger charge is -2.38. The van der Waals surface area contributed by atoms with Crippen molar-refractivity contribution in [2.45, 2.75) is 155 Å². The predicted octanol–water partition coefficient (Wildman–Crippen LogP) is 2.72. The van der Waals surface area contributed by atoms with Crippen LogP contribution in [0, 0.1) is 29.1 Å². The van der Waals surface area contributed by atoms with Gasteiger partial charge in [0.2, 0.25) is 29.4 Å². The Morgan fingerprint density at radius 1 is 0.808 bits per heavy atom. The van der Waals surface area contributed by atoms with Crippen molar-refractivity contribution in [2.24, 2.45) is 29.1 Å². The molecule has 292 valence electrons. The molecule has 0 unspecified atom stereocenters. The first-order chi connectivity index (χ1) is 24.6. The van der Waals surface area contributed by atoms with E-state index in [4.69, 9.17) is 4.74 Å². The monoisotopic (exact) mass is 730 g/mol. The normalized spacial score (nSPS) is 24.2. The van der Waals surface area contributed by atoms with Crippen molar-refractivity contribution in [3.8, 4) is 0 Å². The molecule has 1 saturated heterocycles. The number of methoxy groups -OCH3 is 1. The fraction of sp³-hybridized carbons (Fsp3) is 0.816.